The molecular weight excluding hydrogens is 176 g/mol. The summed E-state index contributed by atoms with van der Waals surface area (Å²) in [6.45, 7) is 0.143. The molecule has 2 rings (SSSR count). The Morgan fingerprint density at radius 3 is 2.64 bits per heavy atom. The lowest BCUT2D eigenvalue weighted by Crippen LogP contribution is -1.97. The van der Waals surface area contributed by atoms with E-state index in [1.54, 1.807) is 0 Å². The summed E-state index contributed by atoms with van der Waals surface area (Å²) in [5.41, 5.74) is 1.20. The van der Waals surface area contributed by atoms with E-state index in [2.05, 4.69) is 24.3 Å². The molecule has 0 aliphatic carbocycles. The maximum absolute atomic E-state index is 8.74. The minimum Gasteiger partial charge on any atom is -0.394 e. The second-order valence-electron chi connectivity index (χ2n) is 3.44. The molecule has 1 saturated heterocycles. The molecule has 1 heterocycles. The minimum absolute atomic E-state index is 0.0791. The lowest BCUT2D eigenvalue weighted by molar-refractivity contribution is 0.242. The van der Waals surface area contributed by atoms with Gasteiger partial charge in [-0.05, 0) is 12.0 Å². The van der Waals surface area contributed by atoms with Gasteiger partial charge in [-0.3, -0.25) is 0 Å². The van der Waals surface area contributed by atoms with Gasteiger partial charge in [0, 0.05) is 0 Å². The summed E-state index contributed by atoms with van der Waals surface area (Å²) in [5.74, 6) is 0. The van der Waals surface area contributed by atoms with E-state index >= 15 is 0 Å². The van der Waals surface area contributed by atoms with Crippen molar-refractivity contribution in [3.8, 4) is 0 Å². The highest BCUT2D eigenvalue weighted by atomic mass is 16.6. The Bertz CT molecular complexity index is 305. The molecule has 1 aromatic rings. The normalized spacial score (nSPS) is 25.5. The highest BCUT2D eigenvalue weighted by molar-refractivity contribution is 5.48. The van der Waals surface area contributed by atoms with Crippen LogP contribution in [0.4, 0.5) is 0 Å². The van der Waals surface area contributed by atoms with E-state index in [4.69, 9.17) is 9.84 Å². The third kappa shape index (κ3) is 2.44. The summed E-state index contributed by atoms with van der Waals surface area (Å²) in [6, 6.07) is 10.2. The van der Waals surface area contributed by atoms with Gasteiger partial charge in [-0.25, -0.2) is 0 Å². The Morgan fingerprint density at radius 1 is 1.21 bits per heavy atom. The molecule has 0 amide bonds. The Labute approximate surface area is 83.8 Å². The number of benzene rings is 1. The SMILES string of the molecule is OC[C@@H]1O[C@@H]1C/C=C/c1ccccc1. The molecule has 0 radical (unpaired) electrons. The third-order valence-electron chi connectivity index (χ3n) is 2.35. The van der Waals surface area contributed by atoms with Crippen LogP contribution >= 0.6 is 0 Å². The molecule has 2 heteroatoms. The molecule has 0 saturated carbocycles. The number of ether oxygens (including phenoxy) is 1. The van der Waals surface area contributed by atoms with Crippen molar-refractivity contribution in [1.82, 2.24) is 0 Å². The summed E-state index contributed by atoms with van der Waals surface area (Å²) < 4.78 is 5.20. The van der Waals surface area contributed by atoms with Crippen LogP contribution in [-0.4, -0.2) is 23.9 Å². The molecule has 1 aromatic carbocycles. The molecule has 1 aliphatic heterocycles. The summed E-state index contributed by atoms with van der Waals surface area (Å²) in [6.07, 6.45) is 5.38. The van der Waals surface area contributed by atoms with E-state index in [1.165, 1.54) is 5.56 Å². The maximum atomic E-state index is 8.74. The number of hydrogen-bond acceptors (Lipinski definition) is 2. The van der Waals surface area contributed by atoms with Crippen molar-refractivity contribution in [3.05, 3.63) is 42.0 Å². The highest BCUT2D eigenvalue weighted by Crippen LogP contribution is 2.25. The van der Waals surface area contributed by atoms with Crippen molar-refractivity contribution in [2.75, 3.05) is 6.61 Å². The first kappa shape index (κ1) is 9.44. The van der Waals surface area contributed by atoms with E-state index < -0.39 is 0 Å². The standard InChI is InChI=1S/C12H14O2/c13-9-12-11(14-12)8-4-7-10-5-2-1-3-6-10/h1-7,11-13H,8-9H2/b7-4+/t11-,12+/m1/s1. The quantitative estimate of drug-likeness (QED) is 0.735. The van der Waals surface area contributed by atoms with Gasteiger partial charge < -0.3 is 9.84 Å². The molecule has 1 N–H and O–H groups in total. The van der Waals surface area contributed by atoms with Crippen LogP contribution < -0.4 is 0 Å². The molecule has 14 heavy (non-hydrogen) atoms. The molecule has 1 fully saturated rings. The zero-order chi connectivity index (χ0) is 9.80. The van der Waals surface area contributed by atoms with Crippen molar-refractivity contribution in [1.29, 1.82) is 0 Å². The highest BCUT2D eigenvalue weighted by Gasteiger charge is 2.36. The molecule has 0 unspecified atom stereocenters. The molecule has 0 spiro atoms. The first-order valence-electron chi connectivity index (χ1n) is 4.88. The number of epoxide rings is 1. The van der Waals surface area contributed by atoms with E-state index in [9.17, 15) is 0 Å². The van der Waals surface area contributed by atoms with Crippen LogP contribution in [0, 0.1) is 0 Å². The second kappa shape index (κ2) is 4.40. The molecule has 0 bridgehead atoms. The fourth-order valence-corrected chi connectivity index (χ4v) is 1.45. The van der Waals surface area contributed by atoms with Crippen molar-refractivity contribution >= 4 is 6.08 Å². The maximum Gasteiger partial charge on any atom is 0.107 e. The van der Waals surface area contributed by atoms with Gasteiger partial charge in [-0.2, -0.15) is 0 Å². The Morgan fingerprint density at radius 2 is 2.00 bits per heavy atom. The molecule has 74 valence electrons. The fraction of sp³-hybridized carbons (Fsp3) is 0.333. The van der Waals surface area contributed by atoms with Gasteiger partial charge in [0.15, 0.2) is 0 Å². The first-order valence-corrected chi connectivity index (χ1v) is 4.88. The van der Waals surface area contributed by atoms with Crippen LogP contribution in [0.15, 0.2) is 36.4 Å². The van der Waals surface area contributed by atoms with Gasteiger partial charge in [-0.15, -0.1) is 0 Å². The van der Waals surface area contributed by atoms with Crippen LogP contribution in [0.2, 0.25) is 0 Å². The molecule has 1 aliphatic rings. The minimum atomic E-state index is 0.0791. The second-order valence-corrected chi connectivity index (χ2v) is 3.44. The zero-order valence-electron chi connectivity index (χ0n) is 7.97. The van der Waals surface area contributed by atoms with Crippen LogP contribution in [0.25, 0.3) is 6.08 Å². The van der Waals surface area contributed by atoms with Gasteiger partial charge in [0.05, 0.1) is 12.7 Å². The van der Waals surface area contributed by atoms with Gasteiger partial charge in [0.25, 0.3) is 0 Å². The molecule has 2 atom stereocenters. The Kier molecular flexibility index (Phi) is 2.96. The lowest BCUT2D eigenvalue weighted by atomic mass is 10.2. The van der Waals surface area contributed by atoms with E-state index in [-0.39, 0.29) is 18.8 Å². The van der Waals surface area contributed by atoms with Crippen molar-refractivity contribution in [2.24, 2.45) is 0 Å². The van der Waals surface area contributed by atoms with E-state index in [1.807, 2.05) is 18.2 Å². The number of aliphatic hydroxyl groups is 1. The van der Waals surface area contributed by atoms with Crippen LogP contribution in [0.3, 0.4) is 0 Å². The lowest BCUT2D eigenvalue weighted by Gasteiger charge is -1.90. The summed E-state index contributed by atoms with van der Waals surface area (Å²) >= 11 is 0. The van der Waals surface area contributed by atoms with Crippen molar-refractivity contribution in [2.45, 2.75) is 18.6 Å². The molecular formula is C12H14O2. The smallest absolute Gasteiger partial charge is 0.107 e. The van der Waals surface area contributed by atoms with Crippen LogP contribution in [0.1, 0.15) is 12.0 Å². The van der Waals surface area contributed by atoms with E-state index in [0.29, 0.717) is 0 Å². The predicted molar refractivity (Wildman–Crippen MR) is 55.8 cm³/mol. The Balaban J connectivity index is 1.78. The fourth-order valence-electron chi connectivity index (χ4n) is 1.45. The number of rotatable bonds is 4. The zero-order valence-corrected chi connectivity index (χ0v) is 7.97. The molecule has 0 aromatic heterocycles. The monoisotopic (exact) mass is 190 g/mol. The predicted octanol–water partition coefficient (Wildman–Crippen LogP) is 1.85. The van der Waals surface area contributed by atoms with Gasteiger partial charge >= 0.3 is 0 Å². The van der Waals surface area contributed by atoms with Crippen LogP contribution in [-0.2, 0) is 4.74 Å². The first-order chi connectivity index (χ1) is 6.90. The number of aliphatic hydroxyl groups excluding tert-OH is 1. The summed E-state index contributed by atoms with van der Waals surface area (Å²) in [5, 5.41) is 8.74. The Hall–Kier alpha value is -1.12. The largest absolute Gasteiger partial charge is 0.394 e. The van der Waals surface area contributed by atoms with E-state index in [0.717, 1.165) is 6.42 Å². The van der Waals surface area contributed by atoms with Crippen molar-refractivity contribution in [3.63, 3.8) is 0 Å². The topological polar surface area (TPSA) is 32.8 Å². The average Bonchev–Trinajstić information content (AvgIpc) is 2.98. The summed E-state index contributed by atoms with van der Waals surface area (Å²) in [7, 11) is 0. The van der Waals surface area contributed by atoms with Crippen molar-refractivity contribution < 1.29 is 9.84 Å². The van der Waals surface area contributed by atoms with Crippen LogP contribution in [0.5, 0.6) is 0 Å². The van der Waals surface area contributed by atoms with Gasteiger partial charge in [0.1, 0.15) is 6.10 Å². The van der Waals surface area contributed by atoms with Gasteiger partial charge in [0.2, 0.25) is 0 Å². The average molecular weight is 190 g/mol. The summed E-state index contributed by atoms with van der Waals surface area (Å²) in [4.78, 5) is 0. The van der Waals surface area contributed by atoms with Gasteiger partial charge in [-0.1, -0.05) is 42.5 Å². The number of hydrogen-bond donors (Lipinski definition) is 1. The molecule has 2 nitrogen and oxygen atoms in total. The third-order valence-corrected chi connectivity index (χ3v) is 2.35.